The fourth-order valence-corrected chi connectivity index (χ4v) is 3.93. The predicted molar refractivity (Wildman–Crippen MR) is 112 cm³/mol. The molecule has 1 atom stereocenters. The monoisotopic (exact) mass is 389 g/mol. The first kappa shape index (κ1) is 18.1. The van der Waals surface area contributed by atoms with Crippen molar-refractivity contribution in [1.82, 2.24) is 14.9 Å². The third-order valence-corrected chi connectivity index (χ3v) is 5.70. The van der Waals surface area contributed by atoms with Crippen LogP contribution in [-0.4, -0.2) is 15.5 Å². The number of aryl methyl sites for hydroxylation is 1. The molecular formula is C22H19N3O2S. The van der Waals surface area contributed by atoms with Crippen molar-refractivity contribution in [2.24, 2.45) is 0 Å². The van der Waals surface area contributed by atoms with Gasteiger partial charge in [-0.15, -0.1) is 11.3 Å². The van der Waals surface area contributed by atoms with E-state index >= 15 is 0 Å². The Hall–Kier alpha value is -3.25. The zero-order chi connectivity index (χ0) is 19.7. The normalized spacial score (nSPS) is 12.1. The molecule has 1 amide bonds. The van der Waals surface area contributed by atoms with Crippen molar-refractivity contribution in [2.45, 2.75) is 19.9 Å². The van der Waals surface area contributed by atoms with Gasteiger partial charge in [0.25, 0.3) is 11.5 Å². The largest absolute Gasteiger partial charge is 0.345 e. The Labute approximate surface area is 166 Å². The number of thiophene rings is 1. The van der Waals surface area contributed by atoms with Gasteiger partial charge in [0, 0.05) is 10.4 Å². The summed E-state index contributed by atoms with van der Waals surface area (Å²) in [7, 11) is 0. The lowest BCUT2D eigenvalue weighted by molar-refractivity contribution is 0.0940. The van der Waals surface area contributed by atoms with E-state index in [1.165, 1.54) is 0 Å². The Kier molecular flexibility index (Phi) is 4.79. The van der Waals surface area contributed by atoms with Crippen molar-refractivity contribution in [1.29, 1.82) is 0 Å². The summed E-state index contributed by atoms with van der Waals surface area (Å²) < 4.78 is 1.57. The summed E-state index contributed by atoms with van der Waals surface area (Å²) in [6, 6.07) is 18.2. The molecule has 140 valence electrons. The zero-order valence-electron chi connectivity index (χ0n) is 15.5. The third-order valence-electron chi connectivity index (χ3n) is 4.65. The minimum Gasteiger partial charge on any atom is -0.345 e. The van der Waals surface area contributed by atoms with E-state index in [4.69, 9.17) is 0 Å². The summed E-state index contributed by atoms with van der Waals surface area (Å²) in [6.45, 7) is 3.76. The van der Waals surface area contributed by atoms with Gasteiger partial charge in [0.05, 0.1) is 22.6 Å². The second-order valence-electron chi connectivity index (χ2n) is 6.57. The van der Waals surface area contributed by atoms with Crippen LogP contribution in [0.2, 0.25) is 0 Å². The maximum absolute atomic E-state index is 12.9. The minimum atomic E-state index is -0.145. The van der Waals surface area contributed by atoms with Crippen LogP contribution >= 0.6 is 11.3 Å². The van der Waals surface area contributed by atoms with Gasteiger partial charge in [0.1, 0.15) is 5.82 Å². The van der Waals surface area contributed by atoms with E-state index in [1.54, 1.807) is 53.2 Å². The van der Waals surface area contributed by atoms with Crippen molar-refractivity contribution in [3.05, 3.63) is 92.7 Å². The number of para-hydroxylation sites is 1. The Morgan fingerprint density at radius 2 is 1.82 bits per heavy atom. The molecule has 2 heterocycles. The van der Waals surface area contributed by atoms with Gasteiger partial charge < -0.3 is 5.32 Å². The molecule has 4 rings (SSSR count). The van der Waals surface area contributed by atoms with Gasteiger partial charge in [0.2, 0.25) is 0 Å². The first-order valence-electron chi connectivity index (χ1n) is 8.97. The van der Waals surface area contributed by atoms with Crippen molar-refractivity contribution >= 4 is 28.1 Å². The topological polar surface area (TPSA) is 64.0 Å². The molecule has 0 aliphatic rings. The van der Waals surface area contributed by atoms with Crippen LogP contribution in [0.5, 0.6) is 0 Å². The Balaban J connectivity index is 1.63. The van der Waals surface area contributed by atoms with Crippen LogP contribution in [0.4, 0.5) is 0 Å². The number of amides is 1. The molecule has 0 aliphatic carbocycles. The second kappa shape index (κ2) is 7.40. The molecule has 4 aromatic rings. The number of nitrogens with one attached hydrogen (secondary N) is 1. The summed E-state index contributed by atoms with van der Waals surface area (Å²) >= 11 is 1.61. The molecule has 0 saturated carbocycles. The lowest BCUT2D eigenvalue weighted by Crippen LogP contribution is -2.26. The standard InChI is InChI=1S/C22H19N3O2S/c1-14(20-8-5-13-28-20)23-21(26)16-9-11-17(12-10-16)25-15(2)24-19-7-4-3-6-18(19)22(25)27/h3-14H,1-2H3,(H,23,26)/t14-/m0/s1. The number of aromatic nitrogens is 2. The molecule has 2 aromatic carbocycles. The number of carbonyl (C=O) groups is 1. The molecule has 0 unspecified atom stereocenters. The Morgan fingerprint density at radius 1 is 1.07 bits per heavy atom. The average molecular weight is 389 g/mol. The lowest BCUT2D eigenvalue weighted by atomic mass is 10.1. The van der Waals surface area contributed by atoms with E-state index in [2.05, 4.69) is 10.3 Å². The molecule has 28 heavy (non-hydrogen) atoms. The van der Waals surface area contributed by atoms with E-state index in [0.29, 0.717) is 28.0 Å². The van der Waals surface area contributed by atoms with Crippen molar-refractivity contribution < 1.29 is 4.79 Å². The smallest absolute Gasteiger partial charge is 0.265 e. The highest BCUT2D eigenvalue weighted by Crippen LogP contribution is 2.19. The molecule has 2 aromatic heterocycles. The van der Waals surface area contributed by atoms with Crippen LogP contribution in [-0.2, 0) is 0 Å². The number of benzene rings is 2. The van der Waals surface area contributed by atoms with Crippen LogP contribution in [0, 0.1) is 6.92 Å². The van der Waals surface area contributed by atoms with E-state index in [9.17, 15) is 9.59 Å². The highest BCUT2D eigenvalue weighted by Gasteiger charge is 2.14. The molecular weight excluding hydrogens is 370 g/mol. The van der Waals surface area contributed by atoms with Crippen LogP contribution < -0.4 is 10.9 Å². The van der Waals surface area contributed by atoms with Gasteiger partial charge in [-0.3, -0.25) is 14.2 Å². The van der Waals surface area contributed by atoms with E-state index in [-0.39, 0.29) is 17.5 Å². The van der Waals surface area contributed by atoms with Crippen LogP contribution in [0.25, 0.3) is 16.6 Å². The van der Waals surface area contributed by atoms with Gasteiger partial charge >= 0.3 is 0 Å². The Bertz CT molecular complexity index is 1190. The van der Waals surface area contributed by atoms with Gasteiger partial charge in [-0.2, -0.15) is 0 Å². The van der Waals surface area contributed by atoms with E-state index in [1.807, 2.05) is 42.6 Å². The lowest BCUT2D eigenvalue weighted by Gasteiger charge is -2.14. The molecule has 0 fully saturated rings. The average Bonchev–Trinajstić information content (AvgIpc) is 3.23. The molecule has 6 heteroatoms. The van der Waals surface area contributed by atoms with Crippen LogP contribution in [0.15, 0.2) is 70.8 Å². The zero-order valence-corrected chi connectivity index (χ0v) is 16.4. The number of fused-ring (bicyclic) bond motifs is 1. The number of nitrogens with zero attached hydrogens (tertiary/aromatic N) is 2. The van der Waals surface area contributed by atoms with Gasteiger partial charge in [-0.1, -0.05) is 18.2 Å². The highest BCUT2D eigenvalue weighted by atomic mass is 32.1. The first-order valence-corrected chi connectivity index (χ1v) is 9.85. The number of rotatable bonds is 4. The van der Waals surface area contributed by atoms with Crippen LogP contribution in [0.3, 0.4) is 0 Å². The fourth-order valence-electron chi connectivity index (χ4n) is 3.20. The van der Waals surface area contributed by atoms with Gasteiger partial charge in [0.15, 0.2) is 0 Å². The maximum Gasteiger partial charge on any atom is 0.265 e. The summed E-state index contributed by atoms with van der Waals surface area (Å²) in [5.74, 6) is 0.459. The molecule has 0 spiro atoms. The quantitative estimate of drug-likeness (QED) is 0.568. The summed E-state index contributed by atoms with van der Waals surface area (Å²) in [5, 5.41) is 5.56. The van der Waals surface area contributed by atoms with Crippen molar-refractivity contribution in [3.8, 4) is 5.69 Å². The summed E-state index contributed by atoms with van der Waals surface area (Å²) in [4.78, 5) is 31.0. The molecule has 0 aliphatic heterocycles. The molecule has 1 N–H and O–H groups in total. The van der Waals surface area contributed by atoms with E-state index < -0.39 is 0 Å². The minimum absolute atomic E-state index is 0.0540. The van der Waals surface area contributed by atoms with Crippen LogP contribution in [0.1, 0.15) is 34.0 Å². The van der Waals surface area contributed by atoms with Crippen molar-refractivity contribution in [3.63, 3.8) is 0 Å². The van der Waals surface area contributed by atoms with E-state index in [0.717, 1.165) is 4.88 Å². The molecule has 0 radical (unpaired) electrons. The fraction of sp³-hybridized carbons (Fsp3) is 0.136. The van der Waals surface area contributed by atoms with Gasteiger partial charge in [-0.05, 0) is 61.7 Å². The van der Waals surface area contributed by atoms with Gasteiger partial charge in [-0.25, -0.2) is 4.98 Å². The first-order chi connectivity index (χ1) is 13.5. The summed E-state index contributed by atoms with van der Waals surface area (Å²) in [5.41, 5.74) is 1.79. The summed E-state index contributed by atoms with van der Waals surface area (Å²) in [6.07, 6.45) is 0. The Morgan fingerprint density at radius 3 is 2.54 bits per heavy atom. The number of hydrogen-bond donors (Lipinski definition) is 1. The number of carbonyl (C=O) groups excluding carboxylic acids is 1. The third kappa shape index (κ3) is 3.34. The maximum atomic E-state index is 12.9. The SMILES string of the molecule is Cc1nc2ccccc2c(=O)n1-c1ccc(C(=O)N[C@@H](C)c2cccs2)cc1. The molecule has 5 nitrogen and oxygen atoms in total. The predicted octanol–water partition coefficient (Wildman–Crippen LogP) is 4.25. The highest BCUT2D eigenvalue weighted by molar-refractivity contribution is 7.10. The molecule has 0 bridgehead atoms. The second-order valence-corrected chi connectivity index (χ2v) is 7.55. The molecule has 0 saturated heterocycles. The van der Waals surface area contributed by atoms with Crippen molar-refractivity contribution in [2.75, 3.05) is 0 Å². The number of hydrogen-bond acceptors (Lipinski definition) is 4.